The van der Waals surface area contributed by atoms with Crippen molar-refractivity contribution in [1.82, 2.24) is 9.55 Å². The maximum Gasteiger partial charge on any atom is 0.293 e. The zero-order valence-corrected chi connectivity index (χ0v) is 12.0. The predicted octanol–water partition coefficient (Wildman–Crippen LogP) is 0.818. The van der Waals surface area contributed by atoms with E-state index in [9.17, 15) is 4.79 Å². The van der Waals surface area contributed by atoms with E-state index < -0.39 is 0 Å². The van der Waals surface area contributed by atoms with E-state index >= 15 is 0 Å². The van der Waals surface area contributed by atoms with Crippen LogP contribution in [0.15, 0.2) is 17.2 Å². The minimum absolute atomic E-state index is 0.0141. The lowest BCUT2D eigenvalue weighted by Crippen LogP contribution is -2.50. The number of rotatable bonds is 4. The van der Waals surface area contributed by atoms with Crippen LogP contribution in [0.2, 0.25) is 0 Å². The summed E-state index contributed by atoms with van der Waals surface area (Å²) >= 11 is 0. The zero-order chi connectivity index (χ0) is 14.1. The lowest BCUT2D eigenvalue weighted by Gasteiger charge is -2.36. The zero-order valence-electron chi connectivity index (χ0n) is 12.0. The lowest BCUT2D eigenvalue weighted by atomic mass is 10.2. The van der Waals surface area contributed by atoms with Crippen LogP contribution in [0.5, 0.6) is 0 Å². The van der Waals surface area contributed by atoms with Gasteiger partial charge in [-0.15, -0.1) is 0 Å². The predicted molar refractivity (Wildman–Crippen MR) is 75.2 cm³/mol. The van der Waals surface area contributed by atoms with E-state index in [0.717, 1.165) is 12.8 Å². The van der Waals surface area contributed by atoms with E-state index in [0.29, 0.717) is 31.6 Å². The molecular formula is C14H21N3O3. The van der Waals surface area contributed by atoms with Crippen LogP contribution in [0.3, 0.4) is 0 Å². The van der Waals surface area contributed by atoms with E-state index in [2.05, 4.69) is 4.98 Å². The summed E-state index contributed by atoms with van der Waals surface area (Å²) < 4.78 is 12.8. The van der Waals surface area contributed by atoms with Crippen molar-refractivity contribution in [3.63, 3.8) is 0 Å². The quantitative estimate of drug-likeness (QED) is 0.816. The topological polar surface area (TPSA) is 56.6 Å². The first-order valence-corrected chi connectivity index (χ1v) is 7.15. The maximum absolute atomic E-state index is 12.5. The summed E-state index contributed by atoms with van der Waals surface area (Å²) in [7, 11) is 1.66. The number of morpholine rings is 1. The number of hydrogen-bond donors (Lipinski definition) is 0. The van der Waals surface area contributed by atoms with Gasteiger partial charge in [-0.25, -0.2) is 4.98 Å². The molecule has 1 aliphatic heterocycles. The average molecular weight is 279 g/mol. The van der Waals surface area contributed by atoms with Crippen LogP contribution in [0.1, 0.15) is 25.8 Å². The fourth-order valence-electron chi connectivity index (χ4n) is 2.77. The van der Waals surface area contributed by atoms with Gasteiger partial charge in [0.2, 0.25) is 0 Å². The molecule has 110 valence electrons. The molecule has 2 fully saturated rings. The van der Waals surface area contributed by atoms with Crippen LogP contribution >= 0.6 is 0 Å². The molecule has 0 amide bonds. The van der Waals surface area contributed by atoms with Gasteiger partial charge in [-0.1, -0.05) is 0 Å². The van der Waals surface area contributed by atoms with Gasteiger partial charge < -0.3 is 18.9 Å². The Morgan fingerprint density at radius 1 is 1.45 bits per heavy atom. The first-order valence-electron chi connectivity index (χ1n) is 7.15. The molecule has 1 aromatic rings. The highest BCUT2D eigenvalue weighted by molar-refractivity contribution is 5.37. The Hall–Kier alpha value is -1.40. The maximum atomic E-state index is 12.5. The summed E-state index contributed by atoms with van der Waals surface area (Å²) in [5.74, 6) is 0.538. The lowest BCUT2D eigenvalue weighted by molar-refractivity contribution is -0.0513. The number of hydrogen-bond acceptors (Lipinski definition) is 5. The molecule has 2 unspecified atom stereocenters. The second-order valence-corrected chi connectivity index (χ2v) is 5.62. The van der Waals surface area contributed by atoms with Crippen molar-refractivity contribution in [2.24, 2.45) is 0 Å². The van der Waals surface area contributed by atoms with Gasteiger partial charge in [0.25, 0.3) is 5.56 Å². The summed E-state index contributed by atoms with van der Waals surface area (Å²) in [5, 5.41) is 0. The Bertz CT molecular complexity index is 527. The molecular weight excluding hydrogens is 258 g/mol. The molecule has 1 aliphatic carbocycles. The van der Waals surface area contributed by atoms with Gasteiger partial charge in [-0.2, -0.15) is 0 Å². The second-order valence-electron chi connectivity index (χ2n) is 5.62. The van der Waals surface area contributed by atoms with Gasteiger partial charge in [0.15, 0.2) is 5.82 Å². The molecule has 0 radical (unpaired) electrons. The Morgan fingerprint density at radius 2 is 2.25 bits per heavy atom. The van der Waals surface area contributed by atoms with Crippen molar-refractivity contribution in [1.29, 1.82) is 0 Å². The minimum atomic E-state index is -0.0143. The largest absolute Gasteiger partial charge is 0.382 e. The number of ether oxygens (including phenoxy) is 2. The molecule has 1 saturated carbocycles. The third-order valence-electron chi connectivity index (χ3n) is 3.77. The summed E-state index contributed by atoms with van der Waals surface area (Å²) in [6, 6.07) is 0.373. The molecule has 20 heavy (non-hydrogen) atoms. The van der Waals surface area contributed by atoms with E-state index in [1.54, 1.807) is 19.5 Å². The van der Waals surface area contributed by atoms with Gasteiger partial charge >= 0.3 is 0 Å². The molecule has 2 atom stereocenters. The third-order valence-corrected chi connectivity index (χ3v) is 3.77. The Balaban J connectivity index is 1.84. The summed E-state index contributed by atoms with van der Waals surface area (Å²) in [6.45, 7) is 3.88. The summed E-state index contributed by atoms with van der Waals surface area (Å²) in [6.07, 6.45) is 5.75. The standard InChI is InChI=1S/C14H21N3O3/c1-10-7-16(8-12(20-10)9-19-2)13-14(18)17(6-5-15-13)11-3-4-11/h5-6,10-12H,3-4,7-9H2,1-2H3. The van der Waals surface area contributed by atoms with Crippen LogP contribution < -0.4 is 10.5 Å². The normalized spacial score (nSPS) is 26.8. The van der Waals surface area contributed by atoms with Gasteiger partial charge in [0, 0.05) is 38.6 Å². The molecule has 1 aromatic heterocycles. The second kappa shape index (κ2) is 5.54. The Labute approximate surface area is 118 Å². The highest BCUT2D eigenvalue weighted by Crippen LogP contribution is 2.33. The highest BCUT2D eigenvalue weighted by Gasteiger charge is 2.30. The Kier molecular flexibility index (Phi) is 3.76. The molecule has 2 heterocycles. The van der Waals surface area contributed by atoms with Crippen molar-refractivity contribution in [2.75, 3.05) is 31.7 Å². The smallest absolute Gasteiger partial charge is 0.293 e. The monoisotopic (exact) mass is 279 g/mol. The number of nitrogens with zero attached hydrogens (tertiary/aromatic N) is 3. The molecule has 3 rings (SSSR count). The van der Waals surface area contributed by atoms with Gasteiger partial charge in [0.05, 0.1) is 18.8 Å². The summed E-state index contributed by atoms with van der Waals surface area (Å²) in [5.41, 5.74) is 0.0141. The van der Waals surface area contributed by atoms with Crippen LogP contribution in [0.4, 0.5) is 5.82 Å². The fraction of sp³-hybridized carbons (Fsp3) is 0.714. The van der Waals surface area contributed by atoms with E-state index in [4.69, 9.17) is 9.47 Å². The van der Waals surface area contributed by atoms with Gasteiger partial charge in [-0.3, -0.25) is 4.79 Å². The molecule has 0 bridgehead atoms. The van der Waals surface area contributed by atoms with Crippen LogP contribution in [0, 0.1) is 0 Å². The molecule has 6 heteroatoms. The van der Waals surface area contributed by atoms with Crippen LogP contribution in [0.25, 0.3) is 0 Å². The van der Waals surface area contributed by atoms with Gasteiger partial charge in [-0.05, 0) is 19.8 Å². The van der Waals surface area contributed by atoms with Crippen LogP contribution in [-0.4, -0.2) is 48.6 Å². The van der Waals surface area contributed by atoms with E-state index in [-0.39, 0.29) is 17.8 Å². The van der Waals surface area contributed by atoms with Crippen molar-refractivity contribution in [3.8, 4) is 0 Å². The molecule has 6 nitrogen and oxygen atoms in total. The van der Waals surface area contributed by atoms with Crippen molar-refractivity contribution < 1.29 is 9.47 Å². The molecule has 0 aromatic carbocycles. The SMILES string of the molecule is COCC1CN(c2nccn(C3CC3)c2=O)CC(C)O1. The first-order chi connectivity index (χ1) is 9.69. The van der Waals surface area contributed by atoms with Crippen molar-refractivity contribution in [2.45, 2.75) is 38.0 Å². The fourth-order valence-corrected chi connectivity index (χ4v) is 2.77. The van der Waals surface area contributed by atoms with Crippen LogP contribution in [-0.2, 0) is 9.47 Å². The number of anilines is 1. The minimum Gasteiger partial charge on any atom is -0.382 e. The number of methoxy groups -OCH3 is 1. The summed E-state index contributed by atoms with van der Waals surface area (Å²) in [4.78, 5) is 18.8. The third kappa shape index (κ3) is 2.71. The Morgan fingerprint density at radius 3 is 2.95 bits per heavy atom. The van der Waals surface area contributed by atoms with E-state index in [1.807, 2.05) is 16.4 Å². The molecule has 0 N–H and O–H groups in total. The van der Waals surface area contributed by atoms with Gasteiger partial charge in [0.1, 0.15) is 0 Å². The average Bonchev–Trinajstić information content (AvgIpc) is 3.23. The van der Waals surface area contributed by atoms with E-state index in [1.165, 1.54) is 0 Å². The molecule has 1 saturated heterocycles. The van der Waals surface area contributed by atoms with Crippen molar-refractivity contribution in [3.05, 3.63) is 22.7 Å². The highest BCUT2D eigenvalue weighted by atomic mass is 16.5. The first kappa shape index (κ1) is 13.6. The molecule has 2 aliphatic rings. The number of aromatic nitrogens is 2. The molecule has 0 spiro atoms. The van der Waals surface area contributed by atoms with Crippen molar-refractivity contribution >= 4 is 5.82 Å².